The summed E-state index contributed by atoms with van der Waals surface area (Å²) in [5.74, 6) is 1.18. The van der Waals surface area contributed by atoms with Gasteiger partial charge in [-0.05, 0) is 38.5 Å². The molecule has 0 spiro atoms. The van der Waals surface area contributed by atoms with Crippen molar-refractivity contribution < 1.29 is 14.3 Å². The normalized spacial score (nSPS) is 14.8. The first-order valence-electron chi connectivity index (χ1n) is 8.98. The van der Waals surface area contributed by atoms with Crippen LogP contribution in [-0.4, -0.2) is 57.7 Å². The van der Waals surface area contributed by atoms with Crippen LogP contribution < -0.4 is 9.64 Å². The highest BCUT2D eigenvalue weighted by Gasteiger charge is 2.27. The number of hydrogen-bond donors (Lipinski definition) is 0. The molecule has 0 unspecified atom stereocenters. The van der Waals surface area contributed by atoms with E-state index in [1.165, 1.54) is 0 Å². The maximum absolute atomic E-state index is 12.2. The number of ether oxygens (including phenoxy) is 2. The number of pyridine rings is 1. The van der Waals surface area contributed by atoms with Gasteiger partial charge in [0.25, 0.3) is 5.88 Å². The first-order valence-corrected chi connectivity index (χ1v) is 8.98. The second kappa shape index (κ2) is 8.20. The molecular weight excluding hydrogens is 346 g/mol. The summed E-state index contributed by atoms with van der Waals surface area (Å²) in [5, 5.41) is 0. The van der Waals surface area contributed by atoms with Crippen LogP contribution in [-0.2, 0) is 11.3 Å². The van der Waals surface area contributed by atoms with Crippen LogP contribution in [0.2, 0.25) is 0 Å². The minimum atomic E-state index is -0.493. The zero-order chi connectivity index (χ0) is 19.3. The van der Waals surface area contributed by atoms with E-state index >= 15 is 0 Å². The van der Waals surface area contributed by atoms with Gasteiger partial charge in [-0.25, -0.2) is 14.8 Å². The quantitative estimate of drug-likeness (QED) is 0.817. The molecule has 2 aromatic heterocycles. The van der Waals surface area contributed by atoms with Crippen molar-refractivity contribution in [3.63, 3.8) is 0 Å². The smallest absolute Gasteiger partial charge is 0.410 e. The third-order valence-electron chi connectivity index (χ3n) is 4.00. The van der Waals surface area contributed by atoms with Crippen molar-refractivity contribution in [3.05, 3.63) is 42.5 Å². The fraction of sp³-hybridized carbons (Fsp3) is 0.474. The maximum atomic E-state index is 12.2. The minimum absolute atomic E-state index is 0.282. The van der Waals surface area contributed by atoms with Crippen LogP contribution in [0.15, 0.2) is 36.9 Å². The number of amides is 1. The van der Waals surface area contributed by atoms with Crippen molar-refractivity contribution in [1.82, 2.24) is 19.9 Å². The molecule has 8 heteroatoms. The minimum Gasteiger partial charge on any atom is -0.470 e. The van der Waals surface area contributed by atoms with Crippen molar-refractivity contribution in [2.24, 2.45) is 0 Å². The molecule has 1 aliphatic heterocycles. The molecule has 0 aromatic carbocycles. The van der Waals surface area contributed by atoms with Crippen LogP contribution >= 0.6 is 0 Å². The summed E-state index contributed by atoms with van der Waals surface area (Å²) in [6, 6.07) is 3.80. The Bertz CT molecular complexity index is 755. The summed E-state index contributed by atoms with van der Waals surface area (Å²) in [5.41, 5.74) is 0.518. The van der Waals surface area contributed by atoms with E-state index in [0.717, 1.165) is 5.56 Å². The Labute approximate surface area is 159 Å². The third-order valence-corrected chi connectivity index (χ3v) is 4.00. The predicted molar refractivity (Wildman–Crippen MR) is 101 cm³/mol. The van der Waals surface area contributed by atoms with Crippen molar-refractivity contribution >= 4 is 11.9 Å². The lowest BCUT2D eigenvalue weighted by Gasteiger charge is -2.36. The Kier molecular flexibility index (Phi) is 5.73. The molecule has 0 atom stereocenters. The number of carbonyl (C=O) groups is 1. The number of hydrogen-bond acceptors (Lipinski definition) is 7. The summed E-state index contributed by atoms with van der Waals surface area (Å²) < 4.78 is 11.3. The van der Waals surface area contributed by atoms with Gasteiger partial charge in [-0.2, -0.15) is 0 Å². The molecule has 0 radical (unpaired) electrons. The number of anilines is 1. The lowest BCUT2D eigenvalue weighted by Crippen LogP contribution is -2.50. The molecule has 8 nitrogen and oxygen atoms in total. The second-order valence-electron chi connectivity index (χ2n) is 7.28. The fourth-order valence-corrected chi connectivity index (χ4v) is 2.69. The van der Waals surface area contributed by atoms with Crippen LogP contribution in [0.4, 0.5) is 10.6 Å². The predicted octanol–water partition coefficient (Wildman–Crippen LogP) is 2.51. The number of piperazine rings is 1. The topological polar surface area (TPSA) is 80.7 Å². The molecule has 3 rings (SSSR count). The average molecular weight is 371 g/mol. The van der Waals surface area contributed by atoms with Gasteiger partial charge < -0.3 is 19.3 Å². The van der Waals surface area contributed by atoms with Gasteiger partial charge in [-0.3, -0.25) is 4.98 Å². The molecule has 2 aromatic rings. The van der Waals surface area contributed by atoms with Crippen molar-refractivity contribution in [2.45, 2.75) is 33.0 Å². The van der Waals surface area contributed by atoms with E-state index in [0.29, 0.717) is 44.5 Å². The highest BCUT2D eigenvalue weighted by molar-refractivity contribution is 5.68. The van der Waals surface area contributed by atoms with E-state index in [9.17, 15) is 4.79 Å². The molecule has 3 heterocycles. The summed E-state index contributed by atoms with van der Waals surface area (Å²) in [4.78, 5) is 28.8. The molecule has 27 heavy (non-hydrogen) atoms. The number of rotatable bonds is 4. The molecule has 0 N–H and O–H groups in total. The lowest BCUT2D eigenvalue weighted by atomic mass is 10.2. The average Bonchev–Trinajstić information content (AvgIpc) is 2.66. The Morgan fingerprint density at radius 3 is 2.37 bits per heavy atom. The SMILES string of the molecule is CC(C)(C)OC(=O)N1CCN(c2nccnc2OCc2ccncc2)CC1. The van der Waals surface area contributed by atoms with Crippen molar-refractivity contribution in [3.8, 4) is 5.88 Å². The molecular formula is C19H25N5O3. The van der Waals surface area contributed by atoms with Crippen LogP contribution in [0.1, 0.15) is 26.3 Å². The lowest BCUT2D eigenvalue weighted by molar-refractivity contribution is 0.0240. The van der Waals surface area contributed by atoms with Gasteiger partial charge in [0.05, 0.1) is 0 Å². The van der Waals surface area contributed by atoms with Gasteiger partial charge in [0.1, 0.15) is 12.2 Å². The molecule has 1 amide bonds. The second-order valence-corrected chi connectivity index (χ2v) is 7.28. The zero-order valence-electron chi connectivity index (χ0n) is 16.0. The van der Waals surface area contributed by atoms with Gasteiger partial charge in [0.15, 0.2) is 5.82 Å². The molecule has 1 fully saturated rings. The third kappa shape index (κ3) is 5.29. The van der Waals surface area contributed by atoms with Gasteiger partial charge in [0, 0.05) is 51.0 Å². The molecule has 144 valence electrons. The van der Waals surface area contributed by atoms with Crippen LogP contribution in [0.3, 0.4) is 0 Å². The van der Waals surface area contributed by atoms with Gasteiger partial charge >= 0.3 is 6.09 Å². The van der Waals surface area contributed by atoms with Crippen molar-refractivity contribution in [2.75, 3.05) is 31.1 Å². The maximum Gasteiger partial charge on any atom is 0.410 e. The van der Waals surface area contributed by atoms with E-state index in [4.69, 9.17) is 9.47 Å². The summed E-state index contributed by atoms with van der Waals surface area (Å²) in [6.45, 7) is 8.41. The largest absolute Gasteiger partial charge is 0.470 e. The van der Waals surface area contributed by atoms with Crippen LogP contribution in [0.25, 0.3) is 0 Å². The van der Waals surface area contributed by atoms with E-state index in [2.05, 4.69) is 19.9 Å². The van der Waals surface area contributed by atoms with E-state index in [1.807, 2.05) is 32.9 Å². The Hall–Kier alpha value is -2.90. The monoisotopic (exact) mass is 371 g/mol. The first kappa shape index (κ1) is 18.9. The number of carbonyl (C=O) groups excluding carboxylic acids is 1. The Morgan fingerprint density at radius 2 is 1.70 bits per heavy atom. The fourth-order valence-electron chi connectivity index (χ4n) is 2.69. The highest BCUT2D eigenvalue weighted by Crippen LogP contribution is 2.25. The molecule has 1 aliphatic rings. The molecule has 0 saturated carbocycles. The summed E-state index contributed by atoms with van der Waals surface area (Å²) in [7, 11) is 0. The molecule has 1 saturated heterocycles. The van der Waals surface area contributed by atoms with Gasteiger partial charge in [-0.15, -0.1) is 0 Å². The highest BCUT2D eigenvalue weighted by atomic mass is 16.6. The summed E-state index contributed by atoms with van der Waals surface area (Å²) >= 11 is 0. The van der Waals surface area contributed by atoms with Crippen LogP contribution in [0, 0.1) is 0 Å². The van der Waals surface area contributed by atoms with Gasteiger partial charge in [-0.1, -0.05) is 0 Å². The number of aromatic nitrogens is 3. The van der Waals surface area contributed by atoms with E-state index in [1.54, 1.807) is 29.7 Å². The summed E-state index contributed by atoms with van der Waals surface area (Å²) in [6.07, 6.45) is 6.44. The molecule has 0 bridgehead atoms. The van der Waals surface area contributed by atoms with E-state index in [-0.39, 0.29) is 6.09 Å². The standard InChI is InChI=1S/C19H25N5O3/c1-19(2,3)27-18(25)24-12-10-23(11-13-24)16-17(22-9-8-21-16)26-14-15-4-6-20-7-5-15/h4-9H,10-14H2,1-3H3. The Morgan fingerprint density at radius 1 is 1.04 bits per heavy atom. The molecule has 0 aliphatic carbocycles. The van der Waals surface area contributed by atoms with Gasteiger partial charge in [0.2, 0.25) is 0 Å². The number of nitrogens with zero attached hydrogens (tertiary/aromatic N) is 5. The Balaban J connectivity index is 1.60. The van der Waals surface area contributed by atoms with E-state index < -0.39 is 5.60 Å². The zero-order valence-corrected chi connectivity index (χ0v) is 16.0. The van der Waals surface area contributed by atoms with Crippen molar-refractivity contribution in [1.29, 1.82) is 0 Å². The first-order chi connectivity index (χ1) is 12.9. The van der Waals surface area contributed by atoms with Crippen LogP contribution in [0.5, 0.6) is 5.88 Å².